The number of fused-ring (bicyclic) bond motifs is 3. The maximum absolute atomic E-state index is 2.72. The second kappa shape index (κ2) is 1.82. The molecule has 0 aromatic carbocycles. The average Bonchev–Trinajstić information content (AvgIpc) is 2.85. The SMILES string of the molecule is CCC(C)C1C2CC2N2CC12. The Labute approximate surface area is 68.8 Å². The lowest BCUT2D eigenvalue weighted by Crippen LogP contribution is -2.18. The molecular weight excluding hydrogens is 134 g/mol. The summed E-state index contributed by atoms with van der Waals surface area (Å²) >= 11 is 0. The fraction of sp³-hybridized carbons (Fsp3) is 1.00. The Morgan fingerprint density at radius 1 is 1.45 bits per heavy atom. The van der Waals surface area contributed by atoms with Crippen LogP contribution in [0, 0.1) is 17.8 Å². The fourth-order valence-corrected chi connectivity index (χ4v) is 3.25. The largest absolute Gasteiger partial charge is 0.294 e. The lowest BCUT2D eigenvalue weighted by Gasteiger charge is -2.19. The third-order valence-corrected chi connectivity index (χ3v) is 4.16. The zero-order valence-corrected chi connectivity index (χ0v) is 7.46. The molecule has 2 heterocycles. The summed E-state index contributed by atoms with van der Waals surface area (Å²) in [4.78, 5) is 2.72. The van der Waals surface area contributed by atoms with E-state index in [1.807, 2.05) is 0 Å². The lowest BCUT2D eigenvalue weighted by atomic mass is 9.85. The van der Waals surface area contributed by atoms with Crippen molar-refractivity contribution in [1.29, 1.82) is 0 Å². The highest BCUT2D eigenvalue weighted by Crippen LogP contribution is 2.60. The molecule has 2 aliphatic heterocycles. The van der Waals surface area contributed by atoms with Crippen molar-refractivity contribution in [1.82, 2.24) is 4.90 Å². The summed E-state index contributed by atoms with van der Waals surface area (Å²) in [6.45, 7) is 6.23. The smallest absolute Gasteiger partial charge is 0.0261 e. The summed E-state index contributed by atoms with van der Waals surface area (Å²) in [7, 11) is 0. The first-order chi connectivity index (χ1) is 5.33. The molecule has 0 radical (unpaired) electrons. The van der Waals surface area contributed by atoms with Crippen LogP contribution in [0.3, 0.4) is 0 Å². The molecule has 1 nitrogen and oxygen atoms in total. The van der Waals surface area contributed by atoms with Crippen molar-refractivity contribution in [2.45, 2.75) is 38.8 Å². The first-order valence-corrected chi connectivity index (χ1v) is 5.08. The average molecular weight is 151 g/mol. The molecule has 62 valence electrons. The summed E-state index contributed by atoms with van der Waals surface area (Å²) in [6.07, 6.45) is 2.92. The van der Waals surface area contributed by atoms with Gasteiger partial charge in [-0.1, -0.05) is 20.3 Å². The molecule has 3 fully saturated rings. The molecule has 0 bridgehead atoms. The first kappa shape index (κ1) is 6.47. The topological polar surface area (TPSA) is 3.01 Å². The van der Waals surface area contributed by atoms with Crippen molar-refractivity contribution in [3.8, 4) is 0 Å². The van der Waals surface area contributed by atoms with Gasteiger partial charge in [0.15, 0.2) is 0 Å². The summed E-state index contributed by atoms with van der Waals surface area (Å²) in [6, 6.07) is 2.09. The van der Waals surface area contributed by atoms with Gasteiger partial charge in [0, 0.05) is 18.6 Å². The molecule has 1 saturated carbocycles. The molecular formula is C10H17N. The van der Waals surface area contributed by atoms with E-state index in [2.05, 4.69) is 18.7 Å². The van der Waals surface area contributed by atoms with Gasteiger partial charge >= 0.3 is 0 Å². The molecule has 6 atom stereocenters. The standard InChI is InChI=1S/C10H17N/c1-3-6(2)10-7-4-8(7)11-5-9(10)11/h6-10H,3-5H2,1-2H3. The van der Waals surface area contributed by atoms with E-state index in [1.165, 1.54) is 19.4 Å². The van der Waals surface area contributed by atoms with Crippen LogP contribution in [0.4, 0.5) is 0 Å². The van der Waals surface area contributed by atoms with Gasteiger partial charge in [-0.3, -0.25) is 4.90 Å². The molecule has 1 heteroatoms. The normalized spacial score (nSPS) is 60.0. The minimum absolute atomic E-state index is 0.988. The third kappa shape index (κ3) is 0.703. The second-order valence-corrected chi connectivity index (χ2v) is 4.69. The monoisotopic (exact) mass is 151 g/mol. The van der Waals surface area contributed by atoms with E-state index in [9.17, 15) is 0 Å². The van der Waals surface area contributed by atoms with Gasteiger partial charge in [-0.15, -0.1) is 0 Å². The predicted molar refractivity (Wildman–Crippen MR) is 45.3 cm³/mol. The molecule has 3 aliphatic rings. The van der Waals surface area contributed by atoms with E-state index in [0.717, 1.165) is 29.8 Å². The van der Waals surface area contributed by atoms with E-state index in [0.29, 0.717) is 0 Å². The Morgan fingerprint density at radius 3 is 2.82 bits per heavy atom. The van der Waals surface area contributed by atoms with Gasteiger partial charge in [-0.05, 0) is 24.2 Å². The van der Waals surface area contributed by atoms with Crippen molar-refractivity contribution in [2.24, 2.45) is 17.8 Å². The molecule has 0 amide bonds. The van der Waals surface area contributed by atoms with Gasteiger partial charge in [0.1, 0.15) is 0 Å². The zero-order valence-electron chi connectivity index (χ0n) is 7.46. The second-order valence-electron chi connectivity index (χ2n) is 4.69. The van der Waals surface area contributed by atoms with Crippen LogP contribution in [0.15, 0.2) is 0 Å². The minimum atomic E-state index is 0.988. The Balaban J connectivity index is 1.77. The van der Waals surface area contributed by atoms with Crippen LogP contribution in [-0.4, -0.2) is 23.5 Å². The van der Waals surface area contributed by atoms with Gasteiger partial charge in [0.2, 0.25) is 0 Å². The predicted octanol–water partition coefficient (Wildman–Crippen LogP) is 1.74. The van der Waals surface area contributed by atoms with Crippen LogP contribution in [0.1, 0.15) is 26.7 Å². The van der Waals surface area contributed by atoms with Crippen LogP contribution in [0.5, 0.6) is 0 Å². The number of hydrogen-bond acceptors (Lipinski definition) is 1. The molecule has 0 N–H and O–H groups in total. The van der Waals surface area contributed by atoms with Crippen LogP contribution in [0.25, 0.3) is 0 Å². The van der Waals surface area contributed by atoms with Crippen molar-refractivity contribution in [3.63, 3.8) is 0 Å². The fourth-order valence-electron chi connectivity index (χ4n) is 3.25. The summed E-state index contributed by atoms with van der Waals surface area (Å²) in [5, 5.41) is 0. The lowest BCUT2D eigenvalue weighted by molar-refractivity contribution is 0.317. The van der Waals surface area contributed by atoms with E-state index in [4.69, 9.17) is 0 Å². The number of rotatable bonds is 2. The molecule has 1 aliphatic carbocycles. The van der Waals surface area contributed by atoms with Crippen molar-refractivity contribution in [3.05, 3.63) is 0 Å². The van der Waals surface area contributed by atoms with Gasteiger partial charge in [0.05, 0.1) is 0 Å². The molecule has 0 spiro atoms. The molecule has 2 saturated heterocycles. The van der Waals surface area contributed by atoms with E-state index in [1.54, 1.807) is 0 Å². The van der Waals surface area contributed by atoms with Crippen LogP contribution >= 0.6 is 0 Å². The van der Waals surface area contributed by atoms with Gasteiger partial charge in [-0.25, -0.2) is 0 Å². The third-order valence-electron chi connectivity index (χ3n) is 4.16. The zero-order chi connectivity index (χ0) is 7.59. The maximum Gasteiger partial charge on any atom is 0.0261 e. The Hall–Kier alpha value is -0.0400. The molecule has 11 heavy (non-hydrogen) atoms. The molecule has 0 aromatic rings. The highest BCUT2D eigenvalue weighted by Gasteiger charge is 2.66. The van der Waals surface area contributed by atoms with Crippen molar-refractivity contribution >= 4 is 0 Å². The minimum Gasteiger partial charge on any atom is -0.294 e. The number of hydrogen-bond donors (Lipinski definition) is 0. The van der Waals surface area contributed by atoms with E-state index in [-0.39, 0.29) is 0 Å². The quantitative estimate of drug-likeness (QED) is 0.543. The van der Waals surface area contributed by atoms with Crippen LogP contribution in [0.2, 0.25) is 0 Å². The molecule has 0 aromatic heterocycles. The number of piperidine rings is 2. The van der Waals surface area contributed by atoms with E-state index < -0.39 is 0 Å². The van der Waals surface area contributed by atoms with Crippen LogP contribution < -0.4 is 0 Å². The van der Waals surface area contributed by atoms with Crippen molar-refractivity contribution in [2.75, 3.05) is 6.54 Å². The highest BCUT2D eigenvalue weighted by molar-refractivity contribution is 5.19. The Bertz CT molecular complexity index is 173. The van der Waals surface area contributed by atoms with Gasteiger partial charge < -0.3 is 0 Å². The Kier molecular flexibility index (Phi) is 1.07. The van der Waals surface area contributed by atoms with Crippen molar-refractivity contribution < 1.29 is 0 Å². The summed E-state index contributed by atoms with van der Waals surface area (Å²) in [5.74, 6) is 3.20. The maximum atomic E-state index is 2.72. The molecule has 6 unspecified atom stereocenters. The highest BCUT2D eigenvalue weighted by atomic mass is 15.4. The van der Waals surface area contributed by atoms with E-state index >= 15 is 0 Å². The first-order valence-electron chi connectivity index (χ1n) is 5.08. The summed E-state index contributed by atoms with van der Waals surface area (Å²) < 4.78 is 0. The Morgan fingerprint density at radius 2 is 2.27 bits per heavy atom. The molecule has 3 rings (SSSR count). The summed E-state index contributed by atoms with van der Waals surface area (Å²) in [5.41, 5.74) is 0. The van der Waals surface area contributed by atoms with Crippen LogP contribution in [-0.2, 0) is 0 Å². The van der Waals surface area contributed by atoms with Gasteiger partial charge in [-0.2, -0.15) is 0 Å². The number of nitrogens with zero attached hydrogens (tertiary/aromatic N) is 1. The van der Waals surface area contributed by atoms with Gasteiger partial charge in [0.25, 0.3) is 0 Å².